The zero-order valence-corrected chi connectivity index (χ0v) is 12.8. The molecule has 2 aromatic rings. The Kier molecular flexibility index (Phi) is 5.12. The van der Waals surface area contributed by atoms with Gasteiger partial charge in [0.15, 0.2) is 0 Å². The Labute approximate surface area is 129 Å². The predicted molar refractivity (Wildman–Crippen MR) is 87.0 cm³/mol. The van der Waals surface area contributed by atoms with Crippen molar-refractivity contribution in [3.63, 3.8) is 0 Å². The highest BCUT2D eigenvalue weighted by molar-refractivity contribution is 6.33. The highest BCUT2D eigenvalue weighted by Crippen LogP contribution is 2.17. The van der Waals surface area contributed by atoms with Crippen LogP contribution in [0.5, 0.6) is 0 Å². The predicted octanol–water partition coefficient (Wildman–Crippen LogP) is 4.17. The van der Waals surface area contributed by atoms with E-state index in [1.54, 1.807) is 18.3 Å². The lowest BCUT2D eigenvalue weighted by Crippen LogP contribution is -2.18. The Balaban J connectivity index is 1.99. The highest BCUT2D eigenvalue weighted by Gasteiger charge is 2.09. The zero-order chi connectivity index (χ0) is 15.2. The zero-order valence-electron chi connectivity index (χ0n) is 12.0. The van der Waals surface area contributed by atoms with E-state index in [0.717, 1.165) is 11.1 Å². The number of hydrogen-bond acceptors (Lipinski definition) is 2. The molecule has 0 saturated heterocycles. The summed E-state index contributed by atoms with van der Waals surface area (Å²) >= 11 is 6.05. The van der Waals surface area contributed by atoms with E-state index >= 15 is 0 Å². The number of nitrogens with one attached hydrogen (secondary N) is 1. The summed E-state index contributed by atoms with van der Waals surface area (Å²) in [6.07, 6.45) is 1.70. The Morgan fingerprint density at radius 1 is 1.24 bits per heavy atom. The van der Waals surface area contributed by atoms with E-state index in [-0.39, 0.29) is 11.8 Å². The largest absolute Gasteiger partial charge is 0.272 e. The van der Waals surface area contributed by atoms with Crippen LogP contribution in [0.1, 0.15) is 34.3 Å². The van der Waals surface area contributed by atoms with Crippen molar-refractivity contribution in [2.45, 2.75) is 19.8 Å². The van der Waals surface area contributed by atoms with E-state index in [1.807, 2.05) is 50.2 Å². The van der Waals surface area contributed by atoms with Gasteiger partial charge in [-0.2, -0.15) is 5.10 Å². The number of nitrogens with zero attached hydrogens (tertiary/aromatic N) is 1. The van der Waals surface area contributed by atoms with Crippen molar-refractivity contribution in [2.24, 2.45) is 5.10 Å². The number of amides is 1. The number of aryl methyl sites for hydroxylation is 1. The number of carbonyl (C=O) groups is 1. The molecule has 0 radical (unpaired) electrons. The monoisotopic (exact) mass is 300 g/mol. The second kappa shape index (κ2) is 7.04. The number of hydrazone groups is 1. The Morgan fingerprint density at radius 3 is 2.62 bits per heavy atom. The molecule has 21 heavy (non-hydrogen) atoms. The van der Waals surface area contributed by atoms with Gasteiger partial charge in [-0.1, -0.05) is 54.9 Å². The van der Waals surface area contributed by atoms with Crippen molar-refractivity contribution in [3.05, 3.63) is 70.2 Å². The third-order valence-electron chi connectivity index (χ3n) is 3.16. The quantitative estimate of drug-likeness (QED) is 0.668. The standard InChI is InChI=1S/C17H17ClN2O/c1-12-8-9-15(16(18)10-12)17(21)20-19-11-13(2)14-6-4-3-5-7-14/h3-11,13H,1-2H3,(H,20,21)/b19-11-/t13-/m1/s1. The molecule has 0 bridgehead atoms. The van der Waals surface area contributed by atoms with Gasteiger partial charge in [0.2, 0.25) is 0 Å². The molecular formula is C17H17ClN2O. The Hall–Kier alpha value is -2.13. The number of halogens is 1. The summed E-state index contributed by atoms with van der Waals surface area (Å²) in [5, 5.41) is 4.43. The fourth-order valence-electron chi connectivity index (χ4n) is 1.91. The van der Waals surface area contributed by atoms with Gasteiger partial charge in [-0.05, 0) is 30.2 Å². The van der Waals surface area contributed by atoms with Gasteiger partial charge in [-0.3, -0.25) is 4.79 Å². The van der Waals surface area contributed by atoms with Crippen LogP contribution < -0.4 is 5.43 Å². The Morgan fingerprint density at radius 2 is 1.95 bits per heavy atom. The van der Waals surface area contributed by atoms with Crippen LogP contribution >= 0.6 is 11.6 Å². The molecule has 0 aliphatic rings. The minimum Gasteiger partial charge on any atom is -0.267 e. The molecule has 0 heterocycles. The number of benzene rings is 2. The smallest absolute Gasteiger partial charge is 0.267 e. The molecule has 0 aliphatic heterocycles. The fraction of sp³-hybridized carbons (Fsp3) is 0.176. The van der Waals surface area contributed by atoms with Crippen molar-refractivity contribution >= 4 is 23.7 Å². The average Bonchev–Trinajstić information content (AvgIpc) is 2.47. The van der Waals surface area contributed by atoms with Crippen molar-refractivity contribution in [2.75, 3.05) is 0 Å². The summed E-state index contributed by atoms with van der Waals surface area (Å²) < 4.78 is 0. The van der Waals surface area contributed by atoms with Crippen molar-refractivity contribution in [1.29, 1.82) is 0 Å². The van der Waals surface area contributed by atoms with E-state index in [9.17, 15) is 4.79 Å². The van der Waals surface area contributed by atoms with E-state index in [4.69, 9.17) is 11.6 Å². The first-order chi connectivity index (χ1) is 10.1. The molecule has 0 aliphatic carbocycles. The summed E-state index contributed by atoms with van der Waals surface area (Å²) in [5.41, 5.74) is 5.08. The van der Waals surface area contributed by atoms with Crippen molar-refractivity contribution in [3.8, 4) is 0 Å². The molecule has 0 aromatic heterocycles. The maximum Gasteiger partial charge on any atom is 0.272 e. The fourth-order valence-corrected chi connectivity index (χ4v) is 2.24. The van der Waals surface area contributed by atoms with Crippen LogP contribution in [0.3, 0.4) is 0 Å². The third kappa shape index (κ3) is 4.17. The molecule has 0 fully saturated rings. The highest BCUT2D eigenvalue weighted by atomic mass is 35.5. The molecule has 4 heteroatoms. The lowest BCUT2D eigenvalue weighted by Gasteiger charge is -2.06. The lowest BCUT2D eigenvalue weighted by atomic mass is 10.0. The Bertz CT molecular complexity index is 653. The van der Waals surface area contributed by atoms with Gasteiger partial charge < -0.3 is 0 Å². The van der Waals surface area contributed by atoms with Gasteiger partial charge in [0.1, 0.15) is 0 Å². The minimum atomic E-state index is -0.309. The molecular weight excluding hydrogens is 284 g/mol. The molecule has 2 rings (SSSR count). The maximum atomic E-state index is 12.0. The molecule has 3 nitrogen and oxygen atoms in total. The maximum absolute atomic E-state index is 12.0. The van der Waals surface area contributed by atoms with E-state index in [2.05, 4.69) is 10.5 Å². The van der Waals surface area contributed by atoms with Crippen LogP contribution in [0.2, 0.25) is 5.02 Å². The van der Waals surface area contributed by atoms with Crippen LogP contribution in [-0.2, 0) is 0 Å². The van der Waals surface area contributed by atoms with Gasteiger partial charge in [-0.15, -0.1) is 0 Å². The number of rotatable bonds is 4. The molecule has 0 unspecified atom stereocenters. The first kappa shape index (κ1) is 15.3. The van der Waals surface area contributed by atoms with Crippen molar-refractivity contribution < 1.29 is 4.79 Å². The van der Waals surface area contributed by atoms with Crippen molar-refractivity contribution in [1.82, 2.24) is 5.43 Å². The molecule has 2 aromatic carbocycles. The normalized spacial score (nSPS) is 12.3. The molecule has 1 amide bonds. The first-order valence-electron chi connectivity index (χ1n) is 6.72. The van der Waals surface area contributed by atoms with Crippen LogP contribution in [0, 0.1) is 6.92 Å². The topological polar surface area (TPSA) is 41.5 Å². The van der Waals surface area contributed by atoms with Gasteiger partial charge in [0.25, 0.3) is 5.91 Å². The molecule has 0 saturated carbocycles. The van der Waals surface area contributed by atoms with Gasteiger partial charge in [0, 0.05) is 12.1 Å². The SMILES string of the molecule is Cc1ccc(C(=O)N/N=C\[C@@H](C)c2ccccc2)c(Cl)c1. The molecule has 1 N–H and O–H groups in total. The third-order valence-corrected chi connectivity index (χ3v) is 3.47. The average molecular weight is 301 g/mol. The van der Waals surface area contributed by atoms with Crippen LogP contribution in [-0.4, -0.2) is 12.1 Å². The van der Waals surface area contributed by atoms with Gasteiger partial charge in [-0.25, -0.2) is 5.43 Å². The number of hydrogen-bond donors (Lipinski definition) is 1. The van der Waals surface area contributed by atoms with Gasteiger partial charge in [0.05, 0.1) is 10.6 Å². The molecule has 1 atom stereocenters. The van der Waals surface area contributed by atoms with Gasteiger partial charge >= 0.3 is 0 Å². The summed E-state index contributed by atoms with van der Waals surface area (Å²) in [7, 11) is 0. The first-order valence-corrected chi connectivity index (χ1v) is 7.10. The molecule has 108 valence electrons. The van der Waals surface area contributed by atoms with Crippen LogP contribution in [0.4, 0.5) is 0 Å². The summed E-state index contributed by atoms with van der Waals surface area (Å²) in [5.74, 6) is -0.184. The number of carbonyl (C=O) groups excluding carboxylic acids is 1. The van der Waals surface area contributed by atoms with E-state index in [1.165, 1.54) is 0 Å². The van der Waals surface area contributed by atoms with E-state index in [0.29, 0.717) is 10.6 Å². The second-order valence-electron chi connectivity index (χ2n) is 4.90. The second-order valence-corrected chi connectivity index (χ2v) is 5.31. The minimum absolute atomic E-state index is 0.125. The van der Waals surface area contributed by atoms with E-state index < -0.39 is 0 Å². The van der Waals surface area contributed by atoms with Crippen LogP contribution in [0.25, 0.3) is 0 Å². The lowest BCUT2D eigenvalue weighted by molar-refractivity contribution is 0.0955. The summed E-state index contributed by atoms with van der Waals surface area (Å²) in [4.78, 5) is 12.0. The molecule has 0 spiro atoms. The summed E-state index contributed by atoms with van der Waals surface area (Å²) in [6.45, 7) is 3.94. The van der Waals surface area contributed by atoms with Crippen LogP contribution in [0.15, 0.2) is 53.6 Å². The summed E-state index contributed by atoms with van der Waals surface area (Å²) in [6, 6.07) is 15.3.